The quantitative estimate of drug-likeness (QED) is 0.240. The second-order valence-electron chi connectivity index (χ2n) is 11.5. The molecule has 0 aliphatic rings. The van der Waals surface area contributed by atoms with Gasteiger partial charge >= 0.3 is 0 Å². The van der Waals surface area contributed by atoms with Crippen molar-refractivity contribution < 1.29 is 23.8 Å². The molecule has 202 valence electrons. The summed E-state index contributed by atoms with van der Waals surface area (Å²) < 4.78 is 16.3. The molecule has 0 aromatic heterocycles. The van der Waals surface area contributed by atoms with Gasteiger partial charge in [-0.1, -0.05) is 61.3 Å². The normalized spacial score (nSPS) is 13.0. The van der Waals surface area contributed by atoms with Gasteiger partial charge in [0.1, 0.15) is 6.04 Å². The Morgan fingerprint density at radius 2 is 1.29 bits per heavy atom. The number of carbonyl (C=O) groups excluding carboxylic acids is 2. The van der Waals surface area contributed by atoms with E-state index in [1.54, 1.807) is 0 Å². The van der Waals surface area contributed by atoms with Crippen molar-refractivity contribution in [3.63, 3.8) is 0 Å². The van der Waals surface area contributed by atoms with Crippen LogP contribution in [-0.4, -0.2) is 64.0 Å². The predicted octanol–water partition coefficient (Wildman–Crippen LogP) is 4.87. The van der Waals surface area contributed by atoms with Crippen LogP contribution in [-0.2, 0) is 23.8 Å². The maximum Gasteiger partial charge on any atom is 0.242 e. The summed E-state index contributed by atoms with van der Waals surface area (Å²) in [5, 5.41) is 5.87. The Morgan fingerprint density at radius 1 is 0.735 bits per heavy atom. The first-order chi connectivity index (χ1) is 15.9. The van der Waals surface area contributed by atoms with E-state index < -0.39 is 6.04 Å². The third kappa shape index (κ3) is 22.6. The molecule has 7 heteroatoms. The van der Waals surface area contributed by atoms with Crippen molar-refractivity contribution in [1.82, 2.24) is 10.6 Å². The molecular formula is C27H54N2O5. The van der Waals surface area contributed by atoms with Crippen LogP contribution in [0.3, 0.4) is 0 Å². The highest BCUT2D eigenvalue weighted by Crippen LogP contribution is 2.23. The zero-order valence-electron chi connectivity index (χ0n) is 23.2. The van der Waals surface area contributed by atoms with Crippen LogP contribution in [0.4, 0.5) is 0 Å². The van der Waals surface area contributed by atoms with Gasteiger partial charge in [0.15, 0.2) is 0 Å². The monoisotopic (exact) mass is 486 g/mol. The van der Waals surface area contributed by atoms with Crippen molar-refractivity contribution in [2.24, 2.45) is 10.8 Å². The molecule has 0 rings (SSSR count). The molecule has 2 amide bonds. The van der Waals surface area contributed by atoms with Crippen LogP contribution in [0, 0.1) is 10.8 Å². The highest BCUT2D eigenvalue weighted by Gasteiger charge is 2.23. The van der Waals surface area contributed by atoms with Crippen LogP contribution in [0.2, 0.25) is 0 Å². The van der Waals surface area contributed by atoms with Gasteiger partial charge < -0.3 is 24.8 Å². The topological polar surface area (TPSA) is 85.9 Å². The molecule has 1 unspecified atom stereocenters. The third-order valence-electron chi connectivity index (χ3n) is 5.30. The number of amides is 2. The number of nitrogens with one attached hydrogen (secondary N) is 2. The molecule has 0 fully saturated rings. The van der Waals surface area contributed by atoms with E-state index in [2.05, 4.69) is 59.1 Å². The van der Waals surface area contributed by atoms with E-state index in [4.69, 9.17) is 14.2 Å². The van der Waals surface area contributed by atoms with E-state index >= 15 is 0 Å². The molecule has 0 saturated heterocycles. The van der Waals surface area contributed by atoms with Gasteiger partial charge in [0.2, 0.25) is 11.8 Å². The van der Waals surface area contributed by atoms with Crippen molar-refractivity contribution in [1.29, 1.82) is 0 Å². The molecule has 0 aliphatic carbocycles. The fourth-order valence-corrected chi connectivity index (χ4v) is 3.29. The van der Waals surface area contributed by atoms with Gasteiger partial charge in [-0.2, -0.15) is 0 Å². The lowest BCUT2D eigenvalue weighted by Crippen LogP contribution is -2.47. The first kappa shape index (κ1) is 32.8. The molecule has 34 heavy (non-hydrogen) atoms. The van der Waals surface area contributed by atoms with E-state index in [9.17, 15) is 9.59 Å². The minimum Gasteiger partial charge on any atom is -0.379 e. The Hall–Kier alpha value is -1.18. The molecule has 0 heterocycles. The van der Waals surface area contributed by atoms with Gasteiger partial charge in [-0.05, 0) is 42.9 Å². The predicted molar refractivity (Wildman–Crippen MR) is 139 cm³/mol. The highest BCUT2D eigenvalue weighted by atomic mass is 16.5. The van der Waals surface area contributed by atoms with Crippen LogP contribution in [0.15, 0.2) is 0 Å². The molecule has 7 nitrogen and oxygen atoms in total. The molecule has 2 N–H and O–H groups in total. The maximum absolute atomic E-state index is 12.7. The van der Waals surface area contributed by atoms with Crippen molar-refractivity contribution in [3.05, 3.63) is 0 Å². The van der Waals surface area contributed by atoms with Crippen molar-refractivity contribution >= 4 is 11.8 Å². The van der Waals surface area contributed by atoms with Crippen LogP contribution >= 0.6 is 0 Å². The fraction of sp³-hybridized carbons (Fsp3) is 0.926. The summed E-state index contributed by atoms with van der Waals surface area (Å²) >= 11 is 0. The molecule has 0 bridgehead atoms. The van der Waals surface area contributed by atoms with Crippen LogP contribution < -0.4 is 10.6 Å². The molecule has 0 aliphatic heterocycles. The molecule has 0 spiro atoms. The number of carbonyl (C=O) groups is 2. The number of ether oxygens (including phenoxy) is 3. The number of unbranched alkanes of at least 4 members (excludes halogenated alkanes) is 2. The SMILES string of the molecule is CCCOCCOCCOCCNC(=O)C(CCC(C)(C)C)NC(=O)CCCCCC(C)(C)C. The van der Waals surface area contributed by atoms with Gasteiger partial charge in [0.25, 0.3) is 0 Å². The van der Waals surface area contributed by atoms with Gasteiger partial charge in [-0.3, -0.25) is 9.59 Å². The Bertz CT molecular complexity index is 526. The lowest BCUT2D eigenvalue weighted by molar-refractivity contribution is -0.129. The largest absolute Gasteiger partial charge is 0.379 e. The third-order valence-corrected chi connectivity index (χ3v) is 5.30. The first-order valence-corrected chi connectivity index (χ1v) is 13.2. The summed E-state index contributed by atoms with van der Waals surface area (Å²) in [4.78, 5) is 25.2. The van der Waals surface area contributed by atoms with Gasteiger partial charge in [0, 0.05) is 19.6 Å². The zero-order valence-corrected chi connectivity index (χ0v) is 23.2. The lowest BCUT2D eigenvalue weighted by Gasteiger charge is -2.23. The lowest BCUT2D eigenvalue weighted by atomic mass is 9.88. The van der Waals surface area contributed by atoms with E-state index in [1.807, 2.05) is 0 Å². The van der Waals surface area contributed by atoms with E-state index in [0.29, 0.717) is 57.8 Å². The van der Waals surface area contributed by atoms with Crippen molar-refractivity contribution in [3.8, 4) is 0 Å². The van der Waals surface area contributed by atoms with E-state index in [0.717, 1.165) is 45.1 Å². The first-order valence-electron chi connectivity index (χ1n) is 13.2. The maximum atomic E-state index is 12.7. The average Bonchev–Trinajstić information content (AvgIpc) is 2.73. The van der Waals surface area contributed by atoms with Crippen LogP contribution in [0.25, 0.3) is 0 Å². The van der Waals surface area contributed by atoms with Crippen LogP contribution in [0.5, 0.6) is 0 Å². The number of hydrogen-bond donors (Lipinski definition) is 2. The van der Waals surface area contributed by atoms with Crippen molar-refractivity contribution in [2.75, 3.05) is 46.2 Å². The highest BCUT2D eigenvalue weighted by molar-refractivity contribution is 5.87. The standard InChI is InChI=1S/C27H54N2O5/c1-8-17-32-19-21-34-22-20-33-18-16-28-25(31)23(13-15-27(5,6)7)29-24(30)12-10-9-11-14-26(2,3)4/h23H,8-22H2,1-7H3,(H,28,31)(H,29,30). The summed E-state index contributed by atoms with van der Waals surface area (Å²) in [6.45, 7) is 18.9. The average molecular weight is 487 g/mol. The summed E-state index contributed by atoms with van der Waals surface area (Å²) in [5.41, 5.74) is 0.430. The summed E-state index contributed by atoms with van der Waals surface area (Å²) in [5.74, 6) is -0.181. The van der Waals surface area contributed by atoms with Crippen LogP contribution in [0.1, 0.15) is 99.8 Å². The summed E-state index contributed by atoms with van der Waals surface area (Å²) in [6.07, 6.45) is 7.14. The molecule has 0 aromatic rings. The Morgan fingerprint density at radius 3 is 1.85 bits per heavy atom. The Balaban J connectivity index is 4.19. The molecule has 0 aromatic carbocycles. The number of rotatable bonds is 20. The Kier molecular flexibility index (Phi) is 18.4. The minimum absolute atomic E-state index is 0.0406. The molecular weight excluding hydrogens is 432 g/mol. The molecule has 0 saturated carbocycles. The van der Waals surface area contributed by atoms with Gasteiger partial charge in [-0.15, -0.1) is 0 Å². The smallest absolute Gasteiger partial charge is 0.242 e. The summed E-state index contributed by atoms with van der Waals surface area (Å²) in [6, 6.07) is -0.507. The van der Waals surface area contributed by atoms with Gasteiger partial charge in [-0.25, -0.2) is 0 Å². The van der Waals surface area contributed by atoms with E-state index in [-0.39, 0.29) is 17.2 Å². The minimum atomic E-state index is -0.507. The second kappa shape index (κ2) is 19.1. The van der Waals surface area contributed by atoms with Crippen molar-refractivity contribution in [2.45, 2.75) is 106 Å². The fourth-order valence-electron chi connectivity index (χ4n) is 3.29. The summed E-state index contributed by atoms with van der Waals surface area (Å²) in [7, 11) is 0. The molecule has 0 radical (unpaired) electrons. The zero-order chi connectivity index (χ0) is 25.9. The number of hydrogen-bond acceptors (Lipinski definition) is 5. The second-order valence-corrected chi connectivity index (χ2v) is 11.5. The molecule has 1 atom stereocenters. The Labute approximate surface area is 209 Å². The van der Waals surface area contributed by atoms with Gasteiger partial charge in [0.05, 0.1) is 33.0 Å². The van der Waals surface area contributed by atoms with E-state index in [1.165, 1.54) is 0 Å².